The highest BCUT2D eigenvalue weighted by Crippen LogP contribution is 2.49. The Morgan fingerprint density at radius 3 is 2.27 bits per heavy atom. The molecule has 0 unspecified atom stereocenters. The molecule has 1 aliphatic heterocycles. The number of hydrogen-bond donors (Lipinski definition) is 0. The molecule has 2 aromatic rings. The molecule has 0 radical (unpaired) electrons. The molecule has 0 aromatic heterocycles. The molecule has 1 aliphatic rings. The Hall–Kier alpha value is -3.04. The summed E-state index contributed by atoms with van der Waals surface area (Å²) in [6.07, 6.45) is 0.137. The minimum Gasteiger partial charge on any atom is -0.456 e. The van der Waals surface area contributed by atoms with E-state index in [2.05, 4.69) is 0 Å². The van der Waals surface area contributed by atoms with E-state index in [1.165, 1.54) is 19.1 Å². The van der Waals surface area contributed by atoms with Gasteiger partial charge in [-0.15, -0.1) is 0 Å². The molecule has 1 fully saturated rings. The van der Waals surface area contributed by atoms with Gasteiger partial charge in [0.15, 0.2) is 0 Å². The van der Waals surface area contributed by atoms with Gasteiger partial charge in [-0.1, -0.05) is 18.2 Å². The van der Waals surface area contributed by atoms with Crippen LogP contribution in [0.1, 0.15) is 53.5 Å². The Kier molecular flexibility index (Phi) is 10.4. The Labute approximate surface area is 215 Å². The molecule has 2 aromatic carbocycles. The average molecular weight is 534 g/mol. The molecule has 0 spiro atoms. The topological polar surface area (TPSA) is 124 Å². The highest BCUT2D eigenvalue weighted by Gasteiger charge is 2.28. The van der Waals surface area contributed by atoms with Gasteiger partial charge >= 0.3 is 25.5 Å². The fraction of sp³-hybridized carbons (Fsp3) is 0.423. The molecular formula is C26H31O10P. The summed E-state index contributed by atoms with van der Waals surface area (Å²) < 4.78 is 45.5. The molecule has 0 aliphatic carbocycles. The minimum atomic E-state index is -3.45. The number of ether oxygens (including phenoxy) is 4. The maximum absolute atomic E-state index is 13.1. The van der Waals surface area contributed by atoms with Crippen LogP contribution in [-0.2, 0) is 34.3 Å². The summed E-state index contributed by atoms with van der Waals surface area (Å²) >= 11 is 0. The van der Waals surface area contributed by atoms with E-state index in [1.54, 1.807) is 44.2 Å². The van der Waals surface area contributed by atoms with E-state index in [0.29, 0.717) is 24.2 Å². The predicted octanol–water partition coefficient (Wildman–Crippen LogP) is 4.59. The standard InChI is InChI=1S/C26H31O10P/c1-4-32-37(30,33-5-2)14-12-20-15-22(26(29)35-21-11-13-31-17-21)24(34-18(3)27)16-23(20)36-25(28)19-9-7-6-8-10-19/h6-10,15-16,21H,4-5,11-14,17H2,1-3H3/t21-/m1/s1. The maximum Gasteiger partial charge on any atom is 0.343 e. The third-order valence-electron chi connectivity index (χ3n) is 5.32. The summed E-state index contributed by atoms with van der Waals surface area (Å²) in [6, 6.07) is 11.0. The van der Waals surface area contributed by atoms with Crippen LogP contribution in [0.25, 0.3) is 0 Å². The SMILES string of the molecule is CCOP(=O)(CCc1cc(C(=O)O[C@@H]2CCOC2)c(OC(C)=O)cc1OC(=O)c1ccccc1)OCC. The Morgan fingerprint density at radius 2 is 1.68 bits per heavy atom. The number of rotatable bonds is 12. The van der Waals surface area contributed by atoms with Crippen molar-refractivity contribution < 1.29 is 46.9 Å². The molecule has 1 heterocycles. The van der Waals surface area contributed by atoms with Gasteiger partial charge in [0.05, 0.1) is 38.2 Å². The fourth-order valence-electron chi connectivity index (χ4n) is 3.67. The van der Waals surface area contributed by atoms with Crippen molar-refractivity contribution in [2.24, 2.45) is 0 Å². The monoisotopic (exact) mass is 534 g/mol. The largest absolute Gasteiger partial charge is 0.456 e. The Morgan fingerprint density at radius 1 is 0.973 bits per heavy atom. The smallest absolute Gasteiger partial charge is 0.343 e. The first-order valence-electron chi connectivity index (χ1n) is 12.0. The van der Waals surface area contributed by atoms with E-state index >= 15 is 0 Å². The van der Waals surface area contributed by atoms with Gasteiger partial charge in [-0.3, -0.25) is 9.36 Å². The van der Waals surface area contributed by atoms with Crippen LogP contribution in [0.2, 0.25) is 0 Å². The number of esters is 3. The van der Waals surface area contributed by atoms with Gasteiger partial charge in [0, 0.05) is 19.4 Å². The van der Waals surface area contributed by atoms with Crippen molar-refractivity contribution in [2.45, 2.75) is 39.7 Å². The summed E-state index contributed by atoms with van der Waals surface area (Å²) in [7, 11) is -3.45. The van der Waals surface area contributed by atoms with Crippen molar-refractivity contribution in [2.75, 3.05) is 32.6 Å². The first-order chi connectivity index (χ1) is 17.7. The van der Waals surface area contributed by atoms with Crippen molar-refractivity contribution in [3.63, 3.8) is 0 Å². The molecule has 0 bridgehead atoms. The quantitative estimate of drug-likeness (QED) is 0.217. The number of benzene rings is 2. The van der Waals surface area contributed by atoms with Crippen molar-refractivity contribution >= 4 is 25.5 Å². The Balaban J connectivity index is 2.00. The van der Waals surface area contributed by atoms with Crippen molar-refractivity contribution in [1.29, 1.82) is 0 Å². The van der Waals surface area contributed by atoms with Crippen molar-refractivity contribution in [3.05, 3.63) is 59.2 Å². The van der Waals surface area contributed by atoms with Crippen LogP contribution in [-0.4, -0.2) is 56.6 Å². The molecular weight excluding hydrogens is 503 g/mol. The summed E-state index contributed by atoms with van der Waals surface area (Å²) in [5, 5.41) is 0. The summed E-state index contributed by atoms with van der Waals surface area (Å²) in [5.41, 5.74) is 0.607. The Bertz CT molecular complexity index is 1130. The molecule has 0 N–H and O–H groups in total. The van der Waals surface area contributed by atoms with E-state index in [0.717, 1.165) is 0 Å². The van der Waals surface area contributed by atoms with E-state index in [4.69, 9.17) is 28.0 Å². The molecule has 1 atom stereocenters. The molecule has 3 rings (SSSR count). The van der Waals surface area contributed by atoms with Gasteiger partial charge in [0.2, 0.25) is 0 Å². The average Bonchev–Trinajstić information content (AvgIpc) is 3.37. The van der Waals surface area contributed by atoms with E-state index in [9.17, 15) is 18.9 Å². The van der Waals surface area contributed by atoms with Crippen LogP contribution in [0.15, 0.2) is 42.5 Å². The summed E-state index contributed by atoms with van der Waals surface area (Å²) in [5.74, 6) is -2.17. The molecule has 0 amide bonds. The van der Waals surface area contributed by atoms with Gasteiger partial charge < -0.3 is 28.0 Å². The van der Waals surface area contributed by atoms with Crippen LogP contribution in [0.4, 0.5) is 0 Å². The summed E-state index contributed by atoms with van der Waals surface area (Å²) in [6.45, 7) is 5.68. The highest BCUT2D eigenvalue weighted by molar-refractivity contribution is 7.53. The second kappa shape index (κ2) is 13.5. The zero-order chi connectivity index (χ0) is 26.8. The highest BCUT2D eigenvalue weighted by atomic mass is 31.2. The molecule has 10 nitrogen and oxygen atoms in total. The van der Waals surface area contributed by atoms with Crippen molar-refractivity contribution in [3.8, 4) is 11.5 Å². The molecule has 11 heteroatoms. The van der Waals surface area contributed by atoms with Gasteiger partial charge in [-0.2, -0.15) is 0 Å². The molecule has 1 saturated heterocycles. The number of aryl methyl sites for hydroxylation is 1. The zero-order valence-electron chi connectivity index (χ0n) is 21.1. The first kappa shape index (κ1) is 28.5. The lowest BCUT2D eigenvalue weighted by Gasteiger charge is -2.19. The van der Waals surface area contributed by atoms with E-state index in [-0.39, 0.29) is 49.5 Å². The normalized spacial score (nSPS) is 15.3. The summed E-state index contributed by atoms with van der Waals surface area (Å²) in [4.78, 5) is 37.7. The molecule has 0 saturated carbocycles. The first-order valence-corrected chi connectivity index (χ1v) is 13.8. The predicted molar refractivity (Wildman–Crippen MR) is 133 cm³/mol. The molecule has 37 heavy (non-hydrogen) atoms. The van der Waals surface area contributed by atoms with Crippen LogP contribution >= 0.6 is 7.60 Å². The number of hydrogen-bond acceptors (Lipinski definition) is 10. The lowest BCUT2D eigenvalue weighted by molar-refractivity contribution is -0.131. The maximum atomic E-state index is 13.1. The number of carbonyl (C=O) groups excluding carboxylic acids is 3. The van der Waals surface area contributed by atoms with Gasteiger partial charge in [-0.25, -0.2) is 9.59 Å². The van der Waals surface area contributed by atoms with E-state index < -0.39 is 31.6 Å². The lowest BCUT2D eigenvalue weighted by atomic mass is 10.1. The second-order valence-corrected chi connectivity index (χ2v) is 10.3. The third kappa shape index (κ3) is 8.23. The van der Waals surface area contributed by atoms with Crippen LogP contribution in [0, 0.1) is 0 Å². The van der Waals surface area contributed by atoms with Gasteiger partial charge in [0.25, 0.3) is 0 Å². The number of carbonyl (C=O) groups is 3. The second-order valence-electron chi connectivity index (χ2n) is 8.12. The zero-order valence-corrected chi connectivity index (χ0v) is 22.0. The fourth-order valence-corrected chi connectivity index (χ4v) is 5.30. The van der Waals surface area contributed by atoms with Crippen molar-refractivity contribution in [1.82, 2.24) is 0 Å². The van der Waals surface area contributed by atoms with Gasteiger partial charge in [0.1, 0.15) is 23.2 Å². The molecule has 200 valence electrons. The van der Waals surface area contributed by atoms with Crippen LogP contribution in [0.3, 0.4) is 0 Å². The lowest BCUT2D eigenvalue weighted by Crippen LogP contribution is -2.20. The van der Waals surface area contributed by atoms with Crippen LogP contribution < -0.4 is 9.47 Å². The van der Waals surface area contributed by atoms with Gasteiger partial charge in [-0.05, 0) is 44.0 Å². The van der Waals surface area contributed by atoms with Crippen LogP contribution in [0.5, 0.6) is 11.5 Å². The minimum absolute atomic E-state index is 0.0328. The van der Waals surface area contributed by atoms with E-state index in [1.807, 2.05) is 0 Å². The third-order valence-corrected chi connectivity index (χ3v) is 7.39.